The van der Waals surface area contributed by atoms with E-state index in [1.54, 1.807) is 15.8 Å². The molecule has 0 unspecified atom stereocenters. The Morgan fingerprint density at radius 1 is 1.00 bits per heavy atom. The number of hydrogen-bond donors (Lipinski definition) is 0. The lowest BCUT2D eigenvalue weighted by Crippen LogP contribution is -2.26. The van der Waals surface area contributed by atoms with Gasteiger partial charge in [0.1, 0.15) is 0 Å². The third-order valence-electron chi connectivity index (χ3n) is 4.44. The van der Waals surface area contributed by atoms with Crippen LogP contribution in [0.3, 0.4) is 0 Å². The first-order valence-corrected chi connectivity index (χ1v) is 8.56. The number of benzene rings is 2. The quantitative estimate of drug-likeness (QED) is 0.709. The molecule has 2 aromatic carbocycles. The van der Waals surface area contributed by atoms with Gasteiger partial charge in [0.2, 0.25) is 0 Å². The Kier molecular flexibility index (Phi) is 5.07. The Morgan fingerprint density at radius 2 is 1.65 bits per heavy atom. The Morgan fingerprint density at radius 3 is 2.27 bits per heavy atom. The van der Waals surface area contributed by atoms with Crippen molar-refractivity contribution in [3.63, 3.8) is 0 Å². The minimum Gasteiger partial charge on any atom is -0.378 e. The van der Waals surface area contributed by atoms with Gasteiger partial charge >= 0.3 is 0 Å². The van der Waals surface area contributed by atoms with E-state index >= 15 is 0 Å². The number of amides is 1. The van der Waals surface area contributed by atoms with E-state index in [1.165, 1.54) is 0 Å². The molecule has 0 fully saturated rings. The number of carbonyl (C=O) groups excluding carboxylic acids is 1. The van der Waals surface area contributed by atoms with Crippen molar-refractivity contribution in [2.24, 2.45) is 7.05 Å². The maximum atomic E-state index is 13.0. The number of aromatic nitrogens is 2. The molecule has 0 spiro atoms. The molecule has 0 bridgehead atoms. The molecule has 0 saturated heterocycles. The van der Waals surface area contributed by atoms with E-state index in [-0.39, 0.29) is 5.91 Å². The van der Waals surface area contributed by atoms with Crippen LogP contribution in [0.4, 0.5) is 5.69 Å². The lowest BCUT2D eigenvalue weighted by molar-refractivity contribution is 0.0786. The summed E-state index contributed by atoms with van der Waals surface area (Å²) in [7, 11) is 7.71. The van der Waals surface area contributed by atoms with E-state index in [0.29, 0.717) is 12.1 Å². The van der Waals surface area contributed by atoms with E-state index in [2.05, 4.69) is 34.3 Å². The molecule has 26 heavy (non-hydrogen) atoms. The van der Waals surface area contributed by atoms with Gasteiger partial charge in [-0.15, -0.1) is 0 Å². The molecule has 0 aliphatic heterocycles. The Balaban J connectivity index is 1.81. The van der Waals surface area contributed by atoms with Gasteiger partial charge < -0.3 is 9.80 Å². The summed E-state index contributed by atoms with van der Waals surface area (Å²) in [5.74, 6) is -0.0337. The van der Waals surface area contributed by atoms with Gasteiger partial charge in [0.15, 0.2) is 0 Å². The Hall–Kier alpha value is -3.08. The van der Waals surface area contributed by atoms with E-state index in [1.807, 2.05) is 58.5 Å². The standard InChI is InChI=1S/C21H24N4O/c1-23(2)18-12-10-16(11-13-18)15-24(3)21(26)19-14-22-25(4)20(19)17-8-6-5-7-9-17/h5-14H,15H2,1-4H3. The van der Waals surface area contributed by atoms with Gasteiger partial charge in [-0.2, -0.15) is 5.10 Å². The number of carbonyl (C=O) groups is 1. The minimum atomic E-state index is -0.0337. The first-order chi connectivity index (χ1) is 12.5. The predicted octanol–water partition coefficient (Wildman–Crippen LogP) is 3.43. The molecule has 0 aliphatic carbocycles. The van der Waals surface area contributed by atoms with E-state index in [4.69, 9.17) is 0 Å². The summed E-state index contributed by atoms with van der Waals surface area (Å²) in [5, 5.41) is 4.30. The van der Waals surface area contributed by atoms with Crippen LogP contribution in [0.1, 0.15) is 15.9 Å². The van der Waals surface area contributed by atoms with Crippen molar-refractivity contribution in [1.29, 1.82) is 0 Å². The molecule has 0 radical (unpaired) electrons. The average molecular weight is 348 g/mol. The van der Waals surface area contributed by atoms with Crippen molar-refractivity contribution >= 4 is 11.6 Å². The largest absolute Gasteiger partial charge is 0.378 e. The molecule has 5 heteroatoms. The molecule has 0 saturated carbocycles. The second kappa shape index (κ2) is 7.44. The SMILES string of the molecule is CN(Cc1ccc(N(C)C)cc1)C(=O)c1cnn(C)c1-c1ccccc1. The number of anilines is 1. The Bertz CT molecular complexity index is 882. The molecule has 0 N–H and O–H groups in total. The first kappa shape index (κ1) is 17.7. The van der Waals surface area contributed by atoms with Gasteiger partial charge in [-0.3, -0.25) is 9.48 Å². The molecule has 0 atom stereocenters. The number of rotatable bonds is 5. The highest BCUT2D eigenvalue weighted by molar-refractivity contribution is 5.99. The van der Waals surface area contributed by atoms with Gasteiger partial charge in [-0.1, -0.05) is 42.5 Å². The Labute approximate surface area is 154 Å². The molecular weight excluding hydrogens is 324 g/mol. The fraction of sp³-hybridized carbons (Fsp3) is 0.238. The van der Waals surface area contributed by atoms with Crippen LogP contribution < -0.4 is 4.90 Å². The third kappa shape index (κ3) is 3.61. The summed E-state index contributed by atoms with van der Waals surface area (Å²) in [6.45, 7) is 0.551. The molecule has 3 aromatic rings. The van der Waals surface area contributed by atoms with Crippen LogP contribution in [-0.2, 0) is 13.6 Å². The predicted molar refractivity (Wildman–Crippen MR) is 105 cm³/mol. The average Bonchev–Trinajstić information content (AvgIpc) is 3.03. The molecule has 0 aliphatic rings. The van der Waals surface area contributed by atoms with Crippen LogP contribution in [0.25, 0.3) is 11.3 Å². The molecule has 5 nitrogen and oxygen atoms in total. The number of nitrogens with zero attached hydrogens (tertiary/aromatic N) is 4. The molecule has 134 valence electrons. The minimum absolute atomic E-state index is 0.0337. The zero-order valence-corrected chi connectivity index (χ0v) is 15.7. The topological polar surface area (TPSA) is 41.4 Å². The lowest BCUT2D eigenvalue weighted by Gasteiger charge is -2.19. The van der Waals surface area contributed by atoms with E-state index < -0.39 is 0 Å². The highest BCUT2D eigenvalue weighted by Gasteiger charge is 2.20. The van der Waals surface area contributed by atoms with Crippen molar-refractivity contribution in [2.45, 2.75) is 6.54 Å². The summed E-state index contributed by atoms with van der Waals surface area (Å²) >= 11 is 0. The summed E-state index contributed by atoms with van der Waals surface area (Å²) in [6.07, 6.45) is 1.65. The number of hydrogen-bond acceptors (Lipinski definition) is 3. The third-order valence-corrected chi connectivity index (χ3v) is 4.44. The normalized spacial score (nSPS) is 10.6. The summed E-state index contributed by atoms with van der Waals surface area (Å²) < 4.78 is 1.75. The van der Waals surface area contributed by atoms with Crippen LogP contribution in [0.2, 0.25) is 0 Å². The van der Waals surface area contributed by atoms with Crippen molar-refractivity contribution < 1.29 is 4.79 Å². The number of aryl methyl sites for hydroxylation is 1. The van der Waals surface area contributed by atoms with Gasteiger partial charge in [0, 0.05) is 46.0 Å². The summed E-state index contributed by atoms with van der Waals surface area (Å²) in [5.41, 5.74) is 4.68. The highest BCUT2D eigenvalue weighted by Crippen LogP contribution is 2.24. The molecule has 1 amide bonds. The van der Waals surface area contributed by atoms with E-state index in [0.717, 1.165) is 22.5 Å². The molecule has 3 rings (SSSR count). The first-order valence-electron chi connectivity index (χ1n) is 8.56. The fourth-order valence-corrected chi connectivity index (χ4v) is 2.98. The molecular formula is C21H24N4O. The second-order valence-electron chi connectivity index (χ2n) is 6.62. The van der Waals surface area contributed by atoms with Crippen LogP contribution in [-0.4, -0.2) is 41.7 Å². The van der Waals surface area contributed by atoms with Gasteiger partial charge in [0.25, 0.3) is 5.91 Å². The maximum Gasteiger partial charge on any atom is 0.257 e. The fourth-order valence-electron chi connectivity index (χ4n) is 2.98. The maximum absolute atomic E-state index is 13.0. The zero-order chi connectivity index (χ0) is 18.7. The summed E-state index contributed by atoms with van der Waals surface area (Å²) in [4.78, 5) is 16.8. The highest BCUT2D eigenvalue weighted by atomic mass is 16.2. The van der Waals surface area contributed by atoms with Gasteiger partial charge in [-0.25, -0.2) is 0 Å². The van der Waals surface area contributed by atoms with Crippen LogP contribution in [0.15, 0.2) is 60.8 Å². The molecule has 1 aromatic heterocycles. The van der Waals surface area contributed by atoms with Gasteiger partial charge in [-0.05, 0) is 17.7 Å². The van der Waals surface area contributed by atoms with Crippen molar-refractivity contribution in [3.05, 3.63) is 71.9 Å². The van der Waals surface area contributed by atoms with Crippen LogP contribution in [0, 0.1) is 0 Å². The van der Waals surface area contributed by atoms with Crippen molar-refractivity contribution in [2.75, 3.05) is 26.0 Å². The molecule has 1 heterocycles. The van der Waals surface area contributed by atoms with Crippen molar-refractivity contribution in [3.8, 4) is 11.3 Å². The zero-order valence-electron chi connectivity index (χ0n) is 15.7. The monoisotopic (exact) mass is 348 g/mol. The van der Waals surface area contributed by atoms with Crippen molar-refractivity contribution in [1.82, 2.24) is 14.7 Å². The lowest BCUT2D eigenvalue weighted by atomic mass is 10.1. The van der Waals surface area contributed by atoms with Crippen LogP contribution in [0.5, 0.6) is 0 Å². The van der Waals surface area contributed by atoms with E-state index in [9.17, 15) is 4.79 Å². The van der Waals surface area contributed by atoms with Gasteiger partial charge in [0.05, 0.1) is 17.5 Å². The smallest absolute Gasteiger partial charge is 0.257 e. The second-order valence-corrected chi connectivity index (χ2v) is 6.62. The van der Waals surface area contributed by atoms with Crippen LogP contribution >= 0.6 is 0 Å². The summed E-state index contributed by atoms with van der Waals surface area (Å²) in [6, 6.07) is 18.1.